The van der Waals surface area contributed by atoms with E-state index in [9.17, 15) is 4.79 Å². The number of rotatable bonds is 1. The van der Waals surface area contributed by atoms with Crippen molar-refractivity contribution in [2.45, 2.75) is 32.7 Å². The molecule has 2 heterocycles. The van der Waals surface area contributed by atoms with E-state index in [2.05, 4.69) is 43.7 Å². The maximum atomic E-state index is 12.6. The van der Waals surface area contributed by atoms with Gasteiger partial charge in [-0.05, 0) is 19.2 Å². The molecule has 1 aliphatic heterocycles. The third kappa shape index (κ3) is 2.21. The zero-order valence-electron chi connectivity index (χ0n) is 12.6. The largest absolute Gasteiger partial charge is 0.297 e. The first-order chi connectivity index (χ1) is 9.36. The van der Waals surface area contributed by atoms with E-state index in [-0.39, 0.29) is 5.56 Å². The summed E-state index contributed by atoms with van der Waals surface area (Å²) in [4.78, 5) is 19.5. The number of aromatic nitrogens is 2. The van der Waals surface area contributed by atoms with E-state index in [1.165, 1.54) is 5.19 Å². The summed E-state index contributed by atoms with van der Waals surface area (Å²) in [6, 6.07) is 6.20. The van der Waals surface area contributed by atoms with Crippen LogP contribution in [0.15, 0.2) is 23.0 Å². The van der Waals surface area contributed by atoms with Crippen molar-refractivity contribution >= 4 is 24.2 Å². The fraction of sp³-hybridized carbons (Fsp3) is 0.467. The van der Waals surface area contributed by atoms with Crippen molar-refractivity contribution in [1.29, 1.82) is 0 Å². The van der Waals surface area contributed by atoms with Gasteiger partial charge in [-0.3, -0.25) is 14.3 Å². The molecule has 1 aliphatic rings. The number of likely N-dealkylation sites (N-methyl/N-ethyl adjacent to an activating group) is 1. The average molecular weight is 287 g/mol. The topological polar surface area (TPSA) is 38.1 Å². The first kappa shape index (κ1) is 13.5. The highest BCUT2D eigenvalue weighted by atomic mass is 28.3. The van der Waals surface area contributed by atoms with Gasteiger partial charge in [-0.1, -0.05) is 30.9 Å². The van der Waals surface area contributed by atoms with Crippen molar-refractivity contribution in [3.8, 4) is 0 Å². The van der Waals surface area contributed by atoms with Crippen LogP contribution in [-0.4, -0.2) is 36.1 Å². The molecule has 1 aromatic carbocycles. The quantitative estimate of drug-likeness (QED) is 0.744. The van der Waals surface area contributed by atoms with Crippen molar-refractivity contribution in [1.82, 2.24) is 14.5 Å². The van der Waals surface area contributed by atoms with Gasteiger partial charge < -0.3 is 0 Å². The molecule has 0 saturated carbocycles. The maximum Gasteiger partial charge on any atom is 0.261 e. The minimum Gasteiger partial charge on any atom is -0.297 e. The normalized spacial score (nSPS) is 16.4. The lowest BCUT2D eigenvalue weighted by molar-refractivity contribution is 0.259. The molecule has 0 atom stereocenters. The predicted octanol–water partition coefficient (Wildman–Crippen LogP) is 1.39. The van der Waals surface area contributed by atoms with Gasteiger partial charge in [0.15, 0.2) is 0 Å². The molecule has 0 N–H and O–H groups in total. The zero-order valence-corrected chi connectivity index (χ0v) is 13.6. The van der Waals surface area contributed by atoms with E-state index in [1.54, 1.807) is 0 Å². The van der Waals surface area contributed by atoms with Crippen molar-refractivity contribution in [3.05, 3.63) is 34.4 Å². The predicted molar refractivity (Wildman–Crippen MR) is 85.3 cm³/mol. The van der Waals surface area contributed by atoms with Crippen LogP contribution >= 0.6 is 0 Å². The Morgan fingerprint density at radius 3 is 2.65 bits per heavy atom. The lowest BCUT2D eigenvalue weighted by Crippen LogP contribution is -2.40. The summed E-state index contributed by atoms with van der Waals surface area (Å²) >= 11 is 0. The van der Waals surface area contributed by atoms with E-state index in [4.69, 9.17) is 4.98 Å². The lowest BCUT2D eigenvalue weighted by Gasteiger charge is -2.26. The highest BCUT2D eigenvalue weighted by molar-refractivity contribution is 6.88. The highest BCUT2D eigenvalue weighted by Crippen LogP contribution is 2.13. The molecule has 20 heavy (non-hydrogen) atoms. The second-order valence-corrected chi connectivity index (χ2v) is 11.8. The summed E-state index contributed by atoms with van der Waals surface area (Å²) in [6.45, 7) is 9.34. The first-order valence-electron chi connectivity index (χ1n) is 7.09. The van der Waals surface area contributed by atoms with Gasteiger partial charge in [-0.2, -0.15) is 0 Å². The molecule has 5 heteroatoms. The van der Waals surface area contributed by atoms with Gasteiger partial charge in [-0.25, -0.2) is 4.98 Å². The first-order valence-corrected chi connectivity index (χ1v) is 10.6. The molecule has 1 aromatic heterocycles. The van der Waals surface area contributed by atoms with Crippen LogP contribution in [0.3, 0.4) is 0 Å². The van der Waals surface area contributed by atoms with Gasteiger partial charge in [0.1, 0.15) is 5.82 Å². The van der Waals surface area contributed by atoms with Crippen LogP contribution in [0.5, 0.6) is 0 Å². The summed E-state index contributed by atoms with van der Waals surface area (Å²) in [5.41, 5.74) is 0.969. The van der Waals surface area contributed by atoms with Crippen LogP contribution in [-0.2, 0) is 13.1 Å². The fourth-order valence-electron chi connectivity index (χ4n) is 2.68. The van der Waals surface area contributed by atoms with E-state index in [0.717, 1.165) is 36.4 Å². The summed E-state index contributed by atoms with van der Waals surface area (Å²) in [7, 11) is 0.692. The molecule has 0 saturated heterocycles. The Balaban J connectivity index is 2.24. The summed E-state index contributed by atoms with van der Waals surface area (Å²) in [5, 5.41) is 2.10. The molecular weight excluding hydrogens is 266 g/mol. The fourth-order valence-corrected chi connectivity index (χ4v) is 3.83. The van der Waals surface area contributed by atoms with Crippen LogP contribution in [0.4, 0.5) is 0 Å². The minimum absolute atomic E-state index is 0.111. The Hall–Kier alpha value is -1.46. The molecule has 106 valence electrons. The Morgan fingerprint density at radius 1 is 1.20 bits per heavy atom. The third-order valence-corrected chi connectivity index (χ3v) is 6.06. The van der Waals surface area contributed by atoms with Gasteiger partial charge in [0, 0.05) is 13.1 Å². The Morgan fingerprint density at radius 2 is 1.95 bits per heavy atom. The van der Waals surface area contributed by atoms with Crippen LogP contribution in [0.25, 0.3) is 10.9 Å². The van der Waals surface area contributed by atoms with Crippen LogP contribution < -0.4 is 10.7 Å². The standard InChI is InChI=1S/C15H21N3OSi/c1-17-7-8-18-14(10-17)16-13-9-11(20(2,3)4)5-6-12(13)15(18)19/h5-6,9H,7-8,10H2,1-4H3. The molecule has 0 bridgehead atoms. The van der Waals surface area contributed by atoms with Crippen molar-refractivity contribution in [2.75, 3.05) is 13.6 Å². The van der Waals surface area contributed by atoms with E-state index < -0.39 is 8.07 Å². The van der Waals surface area contributed by atoms with Crippen LogP contribution in [0.1, 0.15) is 5.82 Å². The third-order valence-electron chi connectivity index (χ3n) is 4.02. The van der Waals surface area contributed by atoms with Gasteiger partial charge in [-0.15, -0.1) is 0 Å². The van der Waals surface area contributed by atoms with Gasteiger partial charge in [0.25, 0.3) is 5.56 Å². The van der Waals surface area contributed by atoms with E-state index in [0.29, 0.717) is 0 Å². The second kappa shape index (κ2) is 4.53. The van der Waals surface area contributed by atoms with Gasteiger partial charge in [0.2, 0.25) is 0 Å². The lowest BCUT2D eigenvalue weighted by atomic mass is 10.2. The van der Waals surface area contributed by atoms with Crippen molar-refractivity contribution in [2.24, 2.45) is 0 Å². The van der Waals surface area contributed by atoms with Crippen LogP contribution in [0, 0.1) is 0 Å². The van der Waals surface area contributed by atoms with Gasteiger partial charge in [0.05, 0.1) is 25.5 Å². The molecule has 0 radical (unpaired) electrons. The van der Waals surface area contributed by atoms with E-state index >= 15 is 0 Å². The van der Waals surface area contributed by atoms with Crippen LogP contribution in [0.2, 0.25) is 19.6 Å². The van der Waals surface area contributed by atoms with Gasteiger partial charge >= 0.3 is 0 Å². The van der Waals surface area contributed by atoms with Crippen molar-refractivity contribution in [3.63, 3.8) is 0 Å². The number of hydrogen-bond donors (Lipinski definition) is 0. The molecule has 0 unspecified atom stereocenters. The Labute approximate surface area is 120 Å². The number of fused-ring (bicyclic) bond motifs is 2. The minimum atomic E-state index is -1.38. The average Bonchev–Trinajstić information content (AvgIpc) is 2.37. The molecule has 4 nitrogen and oxygen atoms in total. The molecule has 0 aliphatic carbocycles. The highest BCUT2D eigenvalue weighted by Gasteiger charge is 2.20. The zero-order chi connectivity index (χ0) is 14.5. The number of hydrogen-bond acceptors (Lipinski definition) is 3. The molecule has 3 rings (SSSR count). The Kier molecular flexibility index (Phi) is 3.06. The second-order valence-electron chi connectivity index (χ2n) is 6.70. The Bertz CT molecular complexity index is 730. The summed E-state index contributed by atoms with van der Waals surface area (Å²) in [5.74, 6) is 0.893. The number of benzene rings is 1. The smallest absolute Gasteiger partial charge is 0.261 e. The van der Waals surface area contributed by atoms with E-state index in [1.807, 2.05) is 10.6 Å². The summed E-state index contributed by atoms with van der Waals surface area (Å²) < 4.78 is 1.83. The molecule has 2 aromatic rings. The summed E-state index contributed by atoms with van der Waals surface area (Å²) in [6.07, 6.45) is 0. The molecular formula is C15H21N3OSi. The molecule has 0 amide bonds. The molecule has 0 fully saturated rings. The maximum absolute atomic E-state index is 12.6. The molecule has 0 spiro atoms. The monoisotopic (exact) mass is 287 g/mol. The number of nitrogens with zero attached hydrogens (tertiary/aromatic N) is 3. The SMILES string of the molecule is CN1CCn2c(nc3cc([Si](C)(C)C)ccc3c2=O)C1. The van der Waals surface area contributed by atoms with Crippen molar-refractivity contribution < 1.29 is 0 Å².